The van der Waals surface area contributed by atoms with Gasteiger partial charge >= 0.3 is 0 Å². The van der Waals surface area contributed by atoms with Crippen molar-refractivity contribution in [2.75, 3.05) is 14.2 Å². The van der Waals surface area contributed by atoms with Crippen molar-refractivity contribution in [1.82, 2.24) is 5.32 Å². The van der Waals surface area contributed by atoms with Crippen LogP contribution in [0, 0.1) is 5.82 Å². The zero-order chi connectivity index (χ0) is 22.7. The SMILES string of the molecule is COc1cccc([C@@H](C)NC(C)c2cc(-c3ccc(OC)c(F)c3)c3ccccc3c2)c1. The monoisotopic (exact) mass is 429 g/mol. The fraction of sp³-hybridized carbons (Fsp3) is 0.214. The molecule has 3 nitrogen and oxygen atoms in total. The Balaban J connectivity index is 1.70. The van der Waals surface area contributed by atoms with E-state index in [0.29, 0.717) is 0 Å². The van der Waals surface area contributed by atoms with Crippen molar-refractivity contribution in [2.45, 2.75) is 25.9 Å². The highest BCUT2D eigenvalue weighted by molar-refractivity contribution is 5.97. The number of ether oxygens (including phenoxy) is 2. The summed E-state index contributed by atoms with van der Waals surface area (Å²) in [5.41, 5.74) is 4.14. The Bertz CT molecular complexity index is 1240. The molecule has 4 rings (SSSR count). The summed E-state index contributed by atoms with van der Waals surface area (Å²) in [5.74, 6) is 0.729. The van der Waals surface area contributed by atoms with Crippen molar-refractivity contribution in [3.8, 4) is 22.6 Å². The maximum atomic E-state index is 14.5. The molecule has 0 aliphatic heterocycles. The van der Waals surface area contributed by atoms with Gasteiger partial charge in [-0.25, -0.2) is 4.39 Å². The molecule has 0 bridgehead atoms. The molecule has 1 N–H and O–H groups in total. The van der Waals surface area contributed by atoms with E-state index in [1.54, 1.807) is 19.2 Å². The highest BCUT2D eigenvalue weighted by atomic mass is 19.1. The van der Waals surface area contributed by atoms with Crippen LogP contribution in [0.2, 0.25) is 0 Å². The zero-order valence-electron chi connectivity index (χ0n) is 18.9. The average Bonchev–Trinajstić information content (AvgIpc) is 2.83. The molecule has 0 amide bonds. The molecular weight excluding hydrogens is 401 g/mol. The van der Waals surface area contributed by atoms with Crippen LogP contribution in [0.4, 0.5) is 4.39 Å². The summed E-state index contributed by atoms with van der Waals surface area (Å²) in [5, 5.41) is 5.90. The quantitative estimate of drug-likeness (QED) is 0.341. The highest BCUT2D eigenvalue weighted by Gasteiger charge is 2.15. The molecular formula is C28H28FNO2. The van der Waals surface area contributed by atoms with Crippen LogP contribution in [0.15, 0.2) is 78.9 Å². The third-order valence-electron chi connectivity index (χ3n) is 5.94. The molecule has 0 aliphatic rings. The van der Waals surface area contributed by atoms with Gasteiger partial charge in [0.2, 0.25) is 0 Å². The molecule has 0 spiro atoms. The minimum atomic E-state index is -0.364. The third kappa shape index (κ3) is 4.46. The summed E-state index contributed by atoms with van der Waals surface area (Å²) in [6.45, 7) is 4.30. The molecule has 1 unspecified atom stereocenters. The Morgan fingerprint density at radius 3 is 2.28 bits per heavy atom. The van der Waals surface area contributed by atoms with Crippen molar-refractivity contribution < 1.29 is 13.9 Å². The molecule has 0 fully saturated rings. The van der Waals surface area contributed by atoms with Crippen molar-refractivity contribution in [3.05, 3.63) is 95.8 Å². The Morgan fingerprint density at radius 1 is 0.750 bits per heavy atom. The first-order valence-electron chi connectivity index (χ1n) is 10.8. The maximum absolute atomic E-state index is 14.5. The van der Waals surface area contributed by atoms with Gasteiger partial charge in [0.25, 0.3) is 0 Å². The Labute approximate surface area is 188 Å². The summed E-state index contributed by atoms with van der Waals surface area (Å²) >= 11 is 0. The lowest BCUT2D eigenvalue weighted by atomic mass is 9.93. The van der Waals surface area contributed by atoms with Gasteiger partial charge in [0.15, 0.2) is 11.6 Å². The highest BCUT2D eigenvalue weighted by Crippen LogP contribution is 2.34. The minimum absolute atomic E-state index is 0.0858. The predicted octanol–water partition coefficient (Wildman–Crippen LogP) is 7.07. The predicted molar refractivity (Wildman–Crippen MR) is 129 cm³/mol. The number of nitrogens with one attached hydrogen (secondary N) is 1. The smallest absolute Gasteiger partial charge is 0.165 e. The van der Waals surface area contributed by atoms with Gasteiger partial charge in [0.05, 0.1) is 14.2 Å². The normalized spacial score (nSPS) is 13.0. The standard InChI is InChI=1S/C28H28FNO2/c1-18(20-9-7-10-24(15-20)31-3)30-19(2)23-14-21-8-5-6-11-25(21)26(16-23)22-12-13-28(32-4)27(29)17-22/h5-19,30H,1-4H3/t18-,19?/m1/s1. The first-order valence-corrected chi connectivity index (χ1v) is 10.8. The second kappa shape index (κ2) is 9.41. The van der Waals surface area contributed by atoms with E-state index < -0.39 is 0 Å². The Kier molecular flexibility index (Phi) is 6.42. The summed E-state index contributed by atoms with van der Waals surface area (Å²) in [6, 6.07) is 26.0. The van der Waals surface area contributed by atoms with Gasteiger partial charge in [-0.2, -0.15) is 0 Å². The first kappa shape index (κ1) is 21.8. The van der Waals surface area contributed by atoms with Crippen LogP contribution in [-0.2, 0) is 0 Å². The molecule has 4 aromatic rings. The Hall–Kier alpha value is -3.37. The number of hydrogen-bond donors (Lipinski definition) is 1. The van der Waals surface area contributed by atoms with Gasteiger partial charge in [-0.3, -0.25) is 0 Å². The van der Waals surface area contributed by atoms with Crippen LogP contribution < -0.4 is 14.8 Å². The van der Waals surface area contributed by atoms with Crippen molar-refractivity contribution in [3.63, 3.8) is 0 Å². The van der Waals surface area contributed by atoms with Crippen molar-refractivity contribution >= 4 is 10.8 Å². The molecule has 4 aromatic carbocycles. The van der Waals surface area contributed by atoms with Crippen molar-refractivity contribution in [1.29, 1.82) is 0 Å². The van der Waals surface area contributed by atoms with Gasteiger partial charge in [0, 0.05) is 12.1 Å². The molecule has 0 saturated heterocycles. The van der Waals surface area contributed by atoms with Gasteiger partial charge < -0.3 is 14.8 Å². The van der Waals surface area contributed by atoms with Crippen LogP contribution in [0.25, 0.3) is 21.9 Å². The van der Waals surface area contributed by atoms with Crippen LogP contribution in [0.3, 0.4) is 0 Å². The lowest BCUT2D eigenvalue weighted by Crippen LogP contribution is -2.22. The van der Waals surface area contributed by atoms with E-state index in [4.69, 9.17) is 9.47 Å². The molecule has 4 heteroatoms. The summed E-state index contributed by atoms with van der Waals surface area (Å²) < 4.78 is 24.9. The zero-order valence-corrected chi connectivity index (χ0v) is 18.9. The number of hydrogen-bond acceptors (Lipinski definition) is 3. The average molecular weight is 430 g/mol. The lowest BCUT2D eigenvalue weighted by molar-refractivity contribution is 0.386. The second-order valence-corrected chi connectivity index (χ2v) is 8.03. The van der Waals surface area contributed by atoms with Crippen LogP contribution in [0.1, 0.15) is 37.1 Å². The fourth-order valence-corrected chi connectivity index (χ4v) is 4.13. The number of methoxy groups -OCH3 is 2. The van der Waals surface area contributed by atoms with E-state index in [9.17, 15) is 4.39 Å². The van der Waals surface area contributed by atoms with E-state index in [1.165, 1.54) is 7.11 Å². The molecule has 0 radical (unpaired) electrons. The Morgan fingerprint density at radius 2 is 1.53 bits per heavy atom. The molecule has 0 heterocycles. The van der Waals surface area contributed by atoms with Gasteiger partial charge in [-0.15, -0.1) is 0 Å². The van der Waals surface area contributed by atoms with E-state index in [-0.39, 0.29) is 23.7 Å². The summed E-state index contributed by atoms with van der Waals surface area (Å²) in [7, 11) is 3.16. The number of rotatable bonds is 7. The lowest BCUT2D eigenvalue weighted by Gasteiger charge is -2.22. The van der Waals surface area contributed by atoms with E-state index in [2.05, 4.69) is 55.6 Å². The molecule has 0 saturated carbocycles. The number of benzene rings is 4. The molecule has 32 heavy (non-hydrogen) atoms. The van der Waals surface area contributed by atoms with Gasteiger partial charge in [-0.1, -0.05) is 42.5 Å². The molecule has 2 atom stereocenters. The maximum Gasteiger partial charge on any atom is 0.165 e. The fourth-order valence-electron chi connectivity index (χ4n) is 4.13. The molecule has 0 aliphatic carbocycles. The summed E-state index contributed by atoms with van der Waals surface area (Å²) in [6.07, 6.45) is 0. The summed E-state index contributed by atoms with van der Waals surface area (Å²) in [4.78, 5) is 0. The van der Waals surface area contributed by atoms with Gasteiger partial charge in [0.1, 0.15) is 5.75 Å². The molecule has 0 aromatic heterocycles. The number of halogens is 1. The number of fused-ring (bicyclic) bond motifs is 1. The third-order valence-corrected chi connectivity index (χ3v) is 5.94. The van der Waals surface area contributed by atoms with Crippen molar-refractivity contribution in [2.24, 2.45) is 0 Å². The van der Waals surface area contributed by atoms with Crippen LogP contribution in [0.5, 0.6) is 11.5 Å². The van der Waals surface area contributed by atoms with Gasteiger partial charge in [-0.05, 0) is 83.3 Å². The topological polar surface area (TPSA) is 30.5 Å². The molecule has 164 valence electrons. The van der Waals surface area contributed by atoms with E-state index >= 15 is 0 Å². The van der Waals surface area contributed by atoms with E-state index in [0.717, 1.165) is 38.8 Å². The van der Waals surface area contributed by atoms with Crippen LogP contribution in [-0.4, -0.2) is 14.2 Å². The van der Waals surface area contributed by atoms with Crippen LogP contribution >= 0.6 is 0 Å². The first-order chi connectivity index (χ1) is 15.5. The van der Waals surface area contributed by atoms with E-state index in [1.807, 2.05) is 30.3 Å². The largest absolute Gasteiger partial charge is 0.497 e. The minimum Gasteiger partial charge on any atom is -0.497 e. The second-order valence-electron chi connectivity index (χ2n) is 8.03.